The van der Waals surface area contributed by atoms with Crippen LogP contribution >= 0.6 is 0 Å². The van der Waals surface area contributed by atoms with Crippen LogP contribution in [0.25, 0.3) is 10.8 Å². The van der Waals surface area contributed by atoms with Crippen LogP contribution in [0.15, 0.2) is 66.7 Å². The first kappa shape index (κ1) is 19.9. The van der Waals surface area contributed by atoms with Crippen LogP contribution in [0.2, 0.25) is 0 Å². The third-order valence-electron chi connectivity index (χ3n) is 5.46. The number of ether oxygens (including phenoxy) is 1. The number of rotatable bonds is 6. The van der Waals surface area contributed by atoms with Gasteiger partial charge in [0.1, 0.15) is 24.0 Å². The van der Waals surface area contributed by atoms with Crippen molar-refractivity contribution >= 4 is 22.7 Å². The van der Waals surface area contributed by atoms with Gasteiger partial charge in [-0.05, 0) is 48.4 Å². The van der Waals surface area contributed by atoms with Crippen LogP contribution in [-0.2, 0) is 10.3 Å². The molecule has 0 saturated carbocycles. The number of aliphatic hydroxyl groups is 1. The predicted molar refractivity (Wildman–Crippen MR) is 114 cm³/mol. The highest BCUT2D eigenvalue weighted by Crippen LogP contribution is 2.31. The van der Waals surface area contributed by atoms with E-state index in [0.717, 1.165) is 21.2 Å². The summed E-state index contributed by atoms with van der Waals surface area (Å²) < 4.78 is 5.57. The highest BCUT2D eigenvalue weighted by molar-refractivity contribution is 6.07. The highest BCUT2D eigenvalue weighted by Gasteiger charge is 2.49. The van der Waals surface area contributed by atoms with Gasteiger partial charge in [0, 0.05) is 0 Å². The number of benzene rings is 3. The fraction of sp³-hybridized carbons (Fsp3) is 0.250. The normalized spacial score (nSPS) is 19.8. The van der Waals surface area contributed by atoms with E-state index in [9.17, 15) is 14.7 Å². The molecule has 6 heteroatoms. The van der Waals surface area contributed by atoms with Gasteiger partial charge in [-0.3, -0.25) is 9.69 Å². The fourth-order valence-corrected chi connectivity index (χ4v) is 3.65. The van der Waals surface area contributed by atoms with Gasteiger partial charge < -0.3 is 15.2 Å². The van der Waals surface area contributed by atoms with Gasteiger partial charge in [-0.2, -0.15) is 0 Å². The van der Waals surface area contributed by atoms with E-state index in [1.54, 1.807) is 6.92 Å². The van der Waals surface area contributed by atoms with E-state index in [4.69, 9.17) is 4.74 Å². The van der Waals surface area contributed by atoms with Crippen molar-refractivity contribution in [1.29, 1.82) is 0 Å². The summed E-state index contributed by atoms with van der Waals surface area (Å²) in [7, 11) is 0. The second-order valence-corrected chi connectivity index (χ2v) is 7.81. The Morgan fingerprint density at radius 2 is 1.73 bits per heavy atom. The molecule has 3 aromatic carbocycles. The van der Waals surface area contributed by atoms with Crippen molar-refractivity contribution in [2.45, 2.75) is 25.5 Å². The zero-order valence-corrected chi connectivity index (χ0v) is 17.0. The van der Waals surface area contributed by atoms with E-state index >= 15 is 0 Å². The Bertz CT molecular complexity index is 1100. The Labute approximate surface area is 175 Å². The number of nitrogens with one attached hydrogen (secondary N) is 1. The molecular formula is C24H24N2O4. The van der Waals surface area contributed by atoms with E-state index in [1.807, 2.05) is 73.7 Å². The number of fused-ring (bicyclic) bond motifs is 1. The first-order chi connectivity index (χ1) is 14.4. The van der Waals surface area contributed by atoms with Crippen molar-refractivity contribution in [2.24, 2.45) is 0 Å². The topological polar surface area (TPSA) is 78.9 Å². The molecule has 1 heterocycles. The van der Waals surface area contributed by atoms with E-state index in [1.165, 1.54) is 0 Å². The van der Waals surface area contributed by atoms with E-state index in [0.29, 0.717) is 11.3 Å². The zero-order chi connectivity index (χ0) is 21.3. The molecule has 1 aliphatic heterocycles. The summed E-state index contributed by atoms with van der Waals surface area (Å²) in [6.07, 6.45) is -1.00. The van der Waals surface area contributed by atoms with Crippen LogP contribution in [0.1, 0.15) is 18.1 Å². The minimum absolute atomic E-state index is 0.0210. The number of aliphatic hydroxyl groups excluding tert-OH is 1. The molecule has 30 heavy (non-hydrogen) atoms. The highest BCUT2D eigenvalue weighted by atomic mass is 16.5. The number of hydrogen-bond acceptors (Lipinski definition) is 4. The Kier molecular flexibility index (Phi) is 5.18. The molecule has 0 aliphatic carbocycles. The van der Waals surface area contributed by atoms with Crippen molar-refractivity contribution in [3.05, 3.63) is 77.9 Å². The molecule has 0 unspecified atom stereocenters. The van der Waals surface area contributed by atoms with Crippen molar-refractivity contribution in [1.82, 2.24) is 10.2 Å². The number of carbonyl (C=O) groups is 2. The number of nitrogens with zero attached hydrogens (tertiary/aromatic N) is 1. The average molecular weight is 404 g/mol. The van der Waals surface area contributed by atoms with Crippen LogP contribution in [0.3, 0.4) is 0 Å². The van der Waals surface area contributed by atoms with Crippen LogP contribution in [0.5, 0.6) is 5.75 Å². The first-order valence-corrected chi connectivity index (χ1v) is 9.88. The third-order valence-corrected chi connectivity index (χ3v) is 5.46. The molecule has 2 atom stereocenters. The SMILES string of the molecule is Cc1ccc(OC[C@H](O)CN2C(=O)N[C@](C)(c3ccc4ccccc4c3)C2=O)cc1. The van der Waals surface area contributed by atoms with Crippen molar-refractivity contribution in [2.75, 3.05) is 13.2 Å². The lowest BCUT2D eigenvalue weighted by Crippen LogP contribution is -2.42. The second kappa shape index (κ2) is 7.80. The standard InChI is InChI=1S/C24H24N2O4/c1-16-7-11-21(12-8-16)30-15-20(27)14-26-22(28)24(2,25-23(26)29)19-10-9-17-5-3-4-6-18(17)13-19/h3-13,20,27H,14-15H2,1-2H3,(H,25,29)/t20-,24-/m1/s1. The van der Waals surface area contributed by atoms with Crippen LogP contribution in [-0.4, -0.2) is 41.2 Å². The van der Waals surface area contributed by atoms with E-state index < -0.39 is 23.6 Å². The minimum Gasteiger partial charge on any atom is -0.491 e. The predicted octanol–water partition coefficient (Wildman–Crippen LogP) is 3.36. The summed E-state index contributed by atoms with van der Waals surface area (Å²) in [6.45, 7) is 3.50. The molecule has 0 bridgehead atoms. The lowest BCUT2D eigenvalue weighted by Gasteiger charge is -2.23. The van der Waals surface area contributed by atoms with Crippen LogP contribution in [0, 0.1) is 6.92 Å². The van der Waals surface area contributed by atoms with E-state index in [2.05, 4.69) is 5.32 Å². The molecule has 0 radical (unpaired) electrons. The first-order valence-electron chi connectivity index (χ1n) is 9.88. The van der Waals surface area contributed by atoms with Gasteiger partial charge in [0.25, 0.3) is 5.91 Å². The maximum absolute atomic E-state index is 13.1. The molecule has 1 saturated heterocycles. The average Bonchev–Trinajstić information content (AvgIpc) is 2.97. The number of amides is 3. The smallest absolute Gasteiger partial charge is 0.325 e. The van der Waals surface area contributed by atoms with Gasteiger partial charge in [0.2, 0.25) is 0 Å². The number of carbonyl (C=O) groups excluding carboxylic acids is 2. The molecule has 0 aromatic heterocycles. The van der Waals surface area contributed by atoms with Gasteiger partial charge in [0.05, 0.1) is 6.54 Å². The maximum Gasteiger partial charge on any atom is 0.325 e. The third kappa shape index (κ3) is 3.74. The van der Waals surface area contributed by atoms with Gasteiger partial charge in [-0.25, -0.2) is 4.79 Å². The molecule has 154 valence electrons. The Morgan fingerprint density at radius 1 is 1.03 bits per heavy atom. The molecule has 3 aromatic rings. The summed E-state index contributed by atoms with van der Waals surface area (Å²) >= 11 is 0. The largest absolute Gasteiger partial charge is 0.491 e. The molecule has 2 N–H and O–H groups in total. The van der Waals surface area contributed by atoms with Gasteiger partial charge in [-0.1, -0.05) is 54.1 Å². The quantitative estimate of drug-likeness (QED) is 0.618. The monoisotopic (exact) mass is 404 g/mol. The van der Waals surface area contributed by atoms with Crippen LogP contribution < -0.4 is 10.1 Å². The summed E-state index contributed by atoms with van der Waals surface area (Å²) in [5.41, 5.74) is 0.626. The maximum atomic E-state index is 13.1. The van der Waals surface area contributed by atoms with Gasteiger partial charge >= 0.3 is 6.03 Å². The van der Waals surface area contributed by atoms with E-state index in [-0.39, 0.29) is 13.2 Å². The Hall–Kier alpha value is -3.38. The fourth-order valence-electron chi connectivity index (χ4n) is 3.65. The van der Waals surface area contributed by atoms with Crippen molar-refractivity contribution in [3.63, 3.8) is 0 Å². The minimum atomic E-state index is -1.18. The summed E-state index contributed by atoms with van der Waals surface area (Å²) in [5, 5.41) is 15.2. The zero-order valence-electron chi connectivity index (χ0n) is 17.0. The molecule has 1 aliphatic rings. The number of urea groups is 1. The Morgan fingerprint density at radius 3 is 2.47 bits per heavy atom. The Balaban J connectivity index is 1.46. The second-order valence-electron chi connectivity index (χ2n) is 7.81. The number of hydrogen-bond donors (Lipinski definition) is 2. The number of imide groups is 1. The van der Waals surface area contributed by atoms with Gasteiger partial charge in [0.15, 0.2) is 0 Å². The summed E-state index contributed by atoms with van der Waals surface area (Å²) in [6, 6.07) is 20.5. The summed E-state index contributed by atoms with van der Waals surface area (Å²) in [4.78, 5) is 26.7. The number of β-amino-alcohol motifs (C(OH)–C–C–N with tert-alkyl or cyclic N) is 1. The van der Waals surface area contributed by atoms with Crippen molar-refractivity contribution < 1.29 is 19.4 Å². The molecule has 0 spiro atoms. The molecule has 3 amide bonds. The number of aryl methyl sites for hydroxylation is 1. The molecule has 4 rings (SSSR count). The van der Waals surface area contributed by atoms with Gasteiger partial charge in [-0.15, -0.1) is 0 Å². The molecule has 6 nitrogen and oxygen atoms in total. The molecule has 1 fully saturated rings. The lowest BCUT2D eigenvalue weighted by molar-refractivity contribution is -0.132. The van der Waals surface area contributed by atoms with Crippen LogP contribution in [0.4, 0.5) is 4.79 Å². The van der Waals surface area contributed by atoms with Crippen molar-refractivity contribution in [3.8, 4) is 5.75 Å². The summed E-state index contributed by atoms with van der Waals surface area (Å²) in [5.74, 6) is 0.231. The lowest BCUT2D eigenvalue weighted by atomic mass is 9.90. The molecular weight excluding hydrogens is 380 g/mol.